The van der Waals surface area contributed by atoms with Gasteiger partial charge in [0.05, 0.1) is 17.4 Å². The molecule has 0 bridgehead atoms. The quantitative estimate of drug-likeness (QED) is 0.879. The van der Waals surface area contributed by atoms with Crippen molar-refractivity contribution in [2.45, 2.75) is 19.5 Å². The minimum Gasteiger partial charge on any atom is -0.341 e. The van der Waals surface area contributed by atoms with Crippen molar-refractivity contribution in [3.05, 3.63) is 35.4 Å². The monoisotopic (exact) mass is 296 g/mol. The van der Waals surface area contributed by atoms with Crippen LogP contribution in [0.15, 0.2) is 24.3 Å². The van der Waals surface area contributed by atoms with Gasteiger partial charge in [-0.1, -0.05) is 24.3 Å². The summed E-state index contributed by atoms with van der Waals surface area (Å²) in [5.74, 6) is -0.390. The van der Waals surface area contributed by atoms with Gasteiger partial charge in [-0.3, -0.25) is 4.79 Å². The van der Waals surface area contributed by atoms with E-state index < -0.39 is 15.8 Å². The van der Waals surface area contributed by atoms with E-state index in [1.54, 1.807) is 11.9 Å². The Labute approximate surface area is 119 Å². The molecule has 1 aliphatic heterocycles. The van der Waals surface area contributed by atoms with E-state index in [1.165, 1.54) is 0 Å². The molecule has 1 aliphatic rings. The third-order valence-electron chi connectivity index (χ3n) is 3.70. The Balaban J connectivity index is 2.05. The molecule has 1 unspecified atom stereocenters. The molecule has 1 amide bonds. The van der Waals surface area contributed by atoms with Gasteiger partial charge >= 0.3 is 0 Å². The third-order valence-corrected chi connectivity index (χ3v) is 5.47. The summed E-state index contributed by atoms with van der Waals surface area (Å²) in [6, 6.07) is 7.70. The summed E-state index contributed by atoms with van der Waals surface area (Å²) in [6.45, 7) is 0.888. The van der Waals surface area contributed by atoms with E-state index in [0.717, 1.165) is 11.1 Å². The van der Waals surface area contributed by atoms with Gasteiger partial charge in [0.15, 0.2) is 9.84 Å². The first kappa shape index (κ1) is 15.0. The first-order valence-corrected chi connectivity index (χ1v) is 8.47. The van der Waals surface area contributed by atoms with E-state index >= 15 is 0 Å². The number of hydrogen-bond acceptors (Lipinski definition) is 4. The van der Waals surface area contributed by atoms with Gasteiger partial charge in [0.1, 0.15) is 0 Å². The summed E-state index contributed by atoms with van der Waals surface area (Å²) < 4.78 is 22.9. The topological polar surface area (TPSA) is 80.5 Å². The van der Waals surface area contributed by atoms with Crippen molar-refractivity contribution < 1.29 is 13.2 Å². The van der Waals surface area contributed by atoms with Crippen molar-refractivity contribution in [1.82, 2.24) is 4.90 Å². The Bertz CT molecular complexity index is 598. The molecule has 1 fully saturated rings. The van der Waals surface area contributed by atoms with Crippen LogP contribution in [-0.2, 0) is 27.7 Å². The number of amides is 1. The molecular weight excluding hydrogens is 276 g/mol. The number of benzene rings is 1. The predicted molar refractivity (Wildman–Crippen MR) is 77.6 cm³/mol. The van der Waals surface area contributed by atoms with Crippen molar-refractivity contribution in [1.29, 1.82) is 0 Å². The highest BCUT2D eigenvalue weighted by molar-refractivity contribution is 7.91. The Morgan fingerprint density at radius 2 is 2.00 bits per heavy atom. The SMILES string of the molecule is CN(Cc1ccccc1CN)C(=O)C1CCS(=O)(=O)C1. The molecule has 1 saturated heterocycles. The number of carbonyl (C=O) groups is 1. The number of hydrogen-bond donors (Lipinski definition) is 1. The fourth-order valence-electron chi connectivity index (χ4n) is 2.55. The van der Waals surface area contributed by atoms with Gasteiger partial charge in [0.25, 0.3) is 0 Å². The summed E-state index contributed by atoms with van der Waals surface area (Å²) in [4.78, 5) is 13.9. The Morgan fingerprint density at radius 1 is 1.35 bits per heavy atom. The molecule has 20 heavy (non-hydrogen) atoms. The second-order valence-corrected chi connectivity index (χ2v) is 7.50. The standard InChI is InChI=1S/C14H20N2O3S/c1-16(9-12-5-3-2-4-11(12)8-15)14(17)13-6-7-20(18,19)10-13/h2-5,13H,6-10,15H2,1H3. The molecule has 1 aromatic carbocycles. The number of carbonyl (C=O) groups excluding carboxylic acids is 1. The van der Waals surface area contributed by atoms with Crippen molar-refractivity contribution in [3.63, 3.8) is 0 Å². The molecule has 1 aromatic rings. The number of sulfone groups is 1. The highest BCUT2D eigenvalue weighted by Gasteiger charge is 2.34. The molecule has 1 atom stereocenters. The minimum atomic E-state index is -3.03. The van der Waals surface area contributed by atoms with Crippen LogP contribution in [0.5, 0.6) is 0 Å². The molecule has 0 saturated carbocycles. The normalized spacial score (nSPS) is 20.8. The number of nitrogens with two attached hydrogens (primary N) is 1. The van der Waals surface area contributed by atoms with Gasteiger partial charge in [-0.15, -0.1) is 0 Å². The van der Waals surface area contributed by atoms with Crippen molar-refractivity contribution in [2.75, 3.05) is 18.6 Å². The zero-order valence-electron chi connectivity index (χ0n) is 11.6. The maximum absolute atomic E-state index is 12.3. The largest absolute Gasteiger partial charge is 0.341 e. The number of nitrogens with zero attached hydrogens (tertiary/aromatic N) is 1. The molecule has 0 radical (unpaired) electrons. The highest BCUT2D eigenvalue weighted by atomic mass is 32.2. The lowest BCUT2D eigenvalue weighted by Crippen LogP contribution is -2.33. The Morgan fingerprint density at radius 3 is 2.55 bits per heavy atom. The van der Waals surface area contributed by atoms with Crippen LogP contribution in [0.3, 0.4) is 0 Å². The zero-order chi connectivity index (χ0) is 14.8. The Kier molecular flexibility index (Phi) is 4.45. The summed E-state index contributed by atoms with van der Waals surface area (Å²) in [5, 5.41) is 0. The molecule has 110 valence electrons. The van der Waals surface area contributed by atoms with E-state index in [9.17, 15) is 13.2 Å². The van der Waals surface area contributed by atoms with Gasteiger partial charge < -0.3 is 10.6 Å². The highest BCUT2D eigenvalue weighted by Crippen LogP contribution is 2.21. The second kappa shape index (κ2) is 5.93. The van der Waals surface area contributed by atoms with E-state index in [2.05, 4.69) is 0 Å². The van der Waals surface area contributed by atoms with Crippen LogP contribution in [0, 0.1) is 5.92 Å². The predicted octanol–water partition coefficient (Wildman–Crippen LogP) is 0.538. The van der Waals surface area contributed by atoms with Crippen molar-refractivity contribution in [2.24, 2.45) is 11.7 Å². The summed E-state index contributed by atoms with van der Waals surface area (Å²) in [7, 11) is -1.32. The number of rotatable bonds is 4. The van der Waals surface area contributed by atoms with Gasteiger partial charge in [0.2, 0.25) is 5.91 Å². The zero-order valence-corrected chi connectivity index (χ0v) is 12.4. The molecule has 0 aliphatic carbocycles. The summed E-state index contributed by atoms with van der Waals surface area (Å²) in [6.07, 6.45) is 0.435. The fourth-order valence-corrected chi connectivity index (χ4v) is 4.28. The lowest BCUT2D eigenvalue weighted by Gasteiger charge is -2.21. The molecule has 6 heteroatoms. The molecule has 5 nitrogen and oxygen atoms in total. The van der Waals surface area contributed by atoms with E-state index in [4.69, 9.17) is 5.73 Å². The maximum Gasteiger partial charge on any atom is 0.226 e. The molecule has 1 heterocycles. The van der Waals surface area contributed by atoms with Crippen LogP contribution in [0.2, 0.25) is 0 Å². The maximum atomic E-state index is 12.3. The van der Waals surface area contributed by atoms with Crippen LogP contribution in [-0.4, -0.2) is 37.8 Å². The van der Waals surface area contributed by atoms with Crippen LogP contribution in [0.1, 0.15) is 17.5 Å². The minimum absolute atomic E-state index is 0.0191. The Hall–Kier alpha value is -1.40. The van der Waals surface area contributed by atoms with Gasteiger partial charge in [0, 0.05) is 20.1 Å². The first-order valence-electron chi connectivity index (χ1n) is 6.65. The summed E-state index contributed by atoms with van der Waals surface area (Å²) in [5.41, 5.74) is 7.69. The van der Waals surface area contributed by atoms with Gasteiger partial charge in [-0.2, -0.15) is 0 Å². The van der Waals surface area contributed by atoms with Crippen LogP contribution >= 0.6 is 0 Å². The molecule has 2 N–H and O–H groups in total. The molecule has 0 spiro atoms. The average Bonchev–Trinajstić information content (AvgIpc) is 2.78. The molecular formula is C14H20N2O3S. The lowest BCUT2D eigenvalue weighted by atomic mass is 10.1. The van der Waals surface area contributed by atoms with Crippen LogP contribution in [0.25, 0.3) is 0 Å². The molecule has 2 rings (SSSR count). The smallest absolute Gasteiger partial charge is 0.226 e. The van der Waals surface area contributed by atoms with Crippen LogP contribution < -0.4 is 5.73 Å². The first-order chi connectivity index (χ1) is 9.43. The third kappa shape index (κ3) is 3.37. The van der Waals surface area contributed by atoms with Crippen molar-refractivity contribution >= 4 is 15.7 Å². The van der Waals surface area contributed by atoms with Gasteiger partial charge in [-0.05, 0) is 17.5 Å². The van der Waals surface area contributed by atoms with E-state index in [1.807, 2.05) is 24.3 Å². The van der Waals surface area contributed by atoms with E-state index in [0.29, 0.717) is 19.5 Å². The average molecular weight is 296 g/mol. The van der Waals surface area contributed by atoms with Crippen molar-refractivity contribution in [3.8, 4) is 0 Å². The van der Waals surface area contributed by atoms with E-state index in [-0.39, 0.29) is 17.4 Å². The lowest BCUT2D eigenvalue weighted by molar-refractivity contribution is -0.133. The van der Waals surface area contributed by atoms with Gasteiger partial charge in [-0.25, -0.2) is 8.42 Å². The van der Waals surface area contributed by atoms with Crippen LogP contribution in [0.4, 0.5) is 0 Å². The fraction of sp³-hybridized carbons (Fsp3) is 0.500. The molecule has 0 aromatic heterocycles. The second-order valence-electron chi connectivity index (χ2n) is 5.27. The summed E-state index contributed by atoms with van der Waals surface area (Å²) >= 11 is 0.